The lowest BCUT2D eigenvalue weighted by Crippen LogP contribution is -2.20. The largest absolute Gasteiger partial charge is 0.277 e. The summed E-state index contributed by atoms with van der Waals surface area (Å²) in [5.41, 5.74) is 2.04. The minimum Gasteiger partial charge on any atom is -0.277 e. The van der Waals surface area contributed by atoms with Gasteiger partial charge in [0.25, 0.3) is 0 Å². The van der Waals surface area contributed by atoms with Gasteiger partial charge in [0.2, 0.25) is 0 Å². The van der Waals surface area contributed by atoms with Gasteiger partial charge in [0, 0.05) is 21.4 Å². The summed E-state index contributed by atoms with van der Waals surface area (Å²) in [7, 11) is 0. The molecule has 0 saturated carbocycles. The monoisotopic (exact) mass is 240 g/mol. The highest BCUT2D eigenvalue weighted by molar-refractivity contribution is 7.80. The molecular weight excluding hydrogens is 228 g/mol. The van der Waals surface area contributed by atoms with Crippen LogP contribution in [0.4, 0.5) is 0 Å². The maximum absolute atomic E-state index is 6.24. The summed E-state index contributed by atoms with van der Waals surface area (Å²) < 4.78 is 0. The number of aromatic nitrogens is 2. The van der Waals surface area contributed by atoms with Gasteiger partial charge in [0.1, 0.15) is 0 Å². The maximum atomic E-state index is 6.24. The molecule has 0 bridgehead atoms. The Balaban J connectivity index is 2.77. The summed E-state index contributed by atoms with van der Waals surface area (Å²) in [5, 5.41) is 8.90. The van der Waals surface area contributed by atoms with Crippen molar-refractivity contribution in [2.75, 3.05) is 5.75 Å². The Hall–Kier alpha value is -0.670. The van der Waals surface area contributed by atoms with Crippen molar-refractivity contribution in [3.63, 3.8) is 0 Å². The molecule has 0 aliphatic carbocycles. The molecule has 0 saturated heterocycles. The van der Waals surface area contributed by atoms with Gasteiger partial charge < -0.3 is 0 Å². The molecule has 0 aliphatic rings. The number of rotatable bonds is 2. The molecule has 4 heteroatoms. The second kappa shape index (κ2) is 3.72. The molecule has 0 unspecified atom stereocenters. The smallest absolute Gasteiger partial charge is 0.0702 e. The average molecular weight is 241 g/mol. The van der Waals surface area contributed by atoms with Crippen LogP contribution in [0.5, 0.6) is 0 Å². The van der Waals surface area contributed by atoms with E-state index in [4.69, 9.17) is 11.6 Å². The van der Waals surface area contributed by atoms with E-state index in [1.54, 1.807) is 0 Å². The Morgan fingerprint density at radius 2 is 2.20 bits per heavy atom. The Morgan fingerprint density at radius 1 is 1.47 bits per heavy atom. The molecule has 2 nitrogen and oxygen atoms in total. The van der Waals surface area contributed by atoms with Gasteiger partial charge in [-0.2, -0.15) is 17.7 Å². The lowest BCUT2D eigenvalue weighted by Gasteiger charge is -2.24. The van der Waals surface area contributed by atoms with E-state index in [1.807, 2.05) is 18.3 Å². The van der Waals surface area contributed by atoms with Gasteiger partial charge in [0.05, 0.1) is 11.7 Å². The molecule has 0 atom stereocenters. The van der Waals surface area contributed by atoms with Gasteiger partial charge in [-0.1, -0.05) is 25.4 Å². The highest BCUT2D eigenvalue weighted by atomic mass is 35.5. The maximum Gasteiger partial charge on any atom is 0.0702 e. The molecule has 1 N–H and O–H groups in total. The van der Waals surface area contributed by atoms with E-state index in [-0.39, 0.29) is 5.41 Å². The summed E-state index contributed by atoms with van der Waals surface area (Å²) >= 11 is 10.6. The SMILES string of the molecule is CC(C)(CS)c1c(Cl)ccc2cn[nH]c12. The number of nitrogens with zero attached hydrogens (tertiary/aromatic N) is 1. The first-order valence-electron chi connectivity index (χ1n) is 4.79. The van der Waals surface area contributed by atoms with Crippen LogP contribution in [0.1, 0.15) is 19.4 Å². The topological polar surface area (TPSA) is 28.7 Å². The number of nitrogens with one attached hydrogen (secondary N) is 1. The quantitative estimate of drug-likeness (QED) is 0.774. The van der Waals surface area contributed by atoms with Gasteiger partial charge >= 0.3 is 0 Å². The Morgan fingerprint density at radius 3 is 2.87 bits per heavy atom. The van der Waals surface area contributed by atoms with Crippen molar-refractivity contribution in [3.05, 3.63) is 28.9 Å². The zero-order chi connectivity index (χ0) is 11.1. The van der Waals surface area contributed by atoms with Crippen LogP contribution in [0.25, 0.3) is 10.9 Å². The highest BCUT2D eigenvalue weighted by Crippen LogP contribution is 2.35. The van der Waals surface area contributed by atoms with E-state index >= 15 is 0 Å². The van der Waals surface area contributed by atoms with Crippen molar-refractivity contribution in [1.29, 1.82) is 0 Å². The number of fused-ring (bicyclic) bond motifs is 1. The standard InChI is InChI=1S/C11H13ClN2S/c1-11(2,6-15)9-8(12)4-3-7-5-13-14-10(7)9/h3-5,15H,6H2,1-2H3,(H,13,14). The van der Waals surface area contributed by atoms with Gasteiger partial charge in [-0.25, -0.2) is 0 Å². The Bertz CT molecular complexity index is 490. The summed E-state index contributed by atoms with van der Waals surface area (Å²) in [5.74, 6) is 0.741. The molecular formula is C11H13ClN2S. The second-order valence-electron chi connectivity index (χ2n) is 4.30. The molecule has 80 valence electrons. The number of thiol groups is 1. The first kappa shape index (κ1) is 10.8. The first-order chi connectivity index (χ1) is 7.06. The highest BCUT2D eigenvalue weighted by Gasteiger charge is 2.24. The van der Waals surface area contributed by atoms with E-state index in [9.17, 15) is 0 Å². The van der Waals surface area contributed by atoms with E-state index in [2.05, 4.69) is 36.7 Å². The van der Waals surface area contributed by atoms with Gasteiger partial charge in [-0.05, 0) is 17.9 Å². The molecule has 0 fully saturated rings. The average Bonchev–Trinajstić information content (AvgIpc) is 2.64. The number of H-pyrrole nitrogens is 1. The molecule has 0 radical (unpaired) electrons. The number of halogens is 1. The van der Waals surface area contributed by atoms with E-state index in [0.29, 0.717) is 0 Å². The minimum atomic E-state index is -0.0633. The minimum absolute atomic E-state index is 0.0633. The molecule has 2 aromatic rings. The Labute approximate surface area is 99.4 Å². The molecule has 1 aromatic carbocycles. The summed E-state index contributed by atoms with van der Waals surface area (Å²) in [6.45, 7) is 4.25. The fourth-order valence-electron chi connectivity index (χ4n) is 1.73. The third-order valence-electron chi connectivity index (χ3n) is 2.64. The normalized spacial score (nSPS) is 12.3. The molecule has 0 aliphatic heterocycles. The summed E-state index contributed by atoms with van der Waals surface area (Å²) in [6.07, 6.45) is 1.81. The molecule has 0 spiro atoms. The fraction of sp³-hybridized carbons (Fsp3) is 0.364. The molecule has 0 amide bonds. The van der Waals surface area contributed by atoms with Gasteiger partial charge in [-0.15, -0.1) is 0 Å². The predicted octanol–water partition coefficient (Wildman–Crippen LogP) is 3.42. The zero-order valence-corrected chi connectivity index (χ0v) is 10.4. The first-order valence-corrected chi connectivity index (χ1v) is 5.80. The van der Waals surface area contributed by atoms with Crippen LogP contribution in [0.3, 0.4) is 0 Å². The molecule has 1 aromatic heterocycles. The number of aromatic amines is 1. The van der Waals surface area contributed by atoms with Crippen molar-refractivity contribution < 1.29 is 0 Å². The van der Waals surface area contributed by atoms with Gasteiger partial charge in [0.15, 0.2) is 0 Å². The third kappa shape index (κ3) is 1.74. The Kier molecular flexibility index (Phi) is 2.69. The van der Waals surface area contributed by atoms with Crippen LogP contribution in [-0.4, -0.2) is 16.0 Å². The van der Waals surface area contributed by atoms with Crippen LogP contribution >= 0.6 is 24.2 Å². The van der Waals surface area contributed by atoms with Crippen LogP contribution in [0.2, 0.25) is 5.02 Å². The number of hydrogen-bond donors (Lipinski definition) is 2. The van der Waals surface area contributed by atoms with Gasteiger partial charge in [-0.3, -0.25) is 5.10 Å². The lowest BCUT2D eigenvalue weighted by atomic mass is 9.85. The van der Waals surface area contributed by atoms with Crippen LogP contribution < -0.4 is 0 Å². The van der Waals surface area contributed by atoms with Crippen LogP contribution in [0, 0.1) is 0 Å². The lowest BCUT2D eigenvalue weighted by molar-refractivity contribution is 0.608. The fourth-order valence-corrected chi connectivity index (χ4v) is 2.30. The van der Waals surface area contributed by atoms with E-state index < -0.39 is 0 Å². The van der Waals surface area contributed by atoms with Crippen molar-refractivity contribution in [2.24, 2.45) is 0 Å². The van der Waals surface area contributed by atoms with E-state index in [0.717, 1.165) is 27.2 Å². The number of hydrogen-bond acceptors (Lipinski definition) is 2. The van der Waals surface area contributed by atoms with Crippen LogP contribution in [0.15, 0.2) is 18.3 Å². The summed E-state index contributed by atoms with van der Waals surface area (Å²) in [6, 6.07) is 3.89. The van der Waals surface area contributed by atoms with Crippen molar-refractivity contribution in [3.8, 4) is 0 Å². The number of benzene rings is 1. The van der Waals surface area contributed by atoms with Crippen molar-refractivity contribution >= 4 is 35.1 Å². The summed E-state index contributed by atoms with van der Waals surface area (Å²) in [4.78, 5) is 0. The zero-order valence-electron chi connectivity index (χ0n) is 8.71. The molecule has 1 heterocycles. The predicted molar refractivity (Wildman–Crippen MR) is 68.0 cm³/mol. The van der Waals surface area contributed by atoms with E-state index in [1.165, 1.54) is 0 Å². The van der Waals surface area contributed by atoms with Crippen LogP contribution in [-0.2, 0) is 5.41 Å². The van der Waals surface area contributed by atoms with Crippen molar-refractivity contribution in [2.45, 2.75) is 19.3 Å². The van der Waals surface area contributed by atoms with Crippen molar-refractivity contribution in [1.82, 2.24) is 10.2 Å². The molecule has 2 rings (SSSR count). The molecule has 15 heavy (non-hydrogen) atoms. The third-order valence-corrected chi connectivity index (χ3v) is 3.74. The second-order valence-corrected chi connectivity index (χ2v) is 5.02.